The van der Waals surface area contributed by atoms with Gasteiger partial charge in [0.25, 0.3) is 0 Å². The van der Waals surface area contributed by atoms with E-state index in [1.165, 1.54) is 13.4 Å². The summed E-state index contributed by atoms with van der Waals surface area (Å²) >= 11 is 0. The molecule has 2 rings (SSSR count). The van der Waals surface area contributed by atoms with E-state index in [1.807, 2.05) is 24.9 Å². The Morgan fingerprint density at radius 1 is 1.53 bits per heavy atom. The molecule has 102 valence electrons. The molecule has 0 aromatic carbocycles. The maximum absolute atomic E-state index is 11.3. The van der Waals surface area contributed by atoms with Crippen molar-refractivity contribution in [3.8, 4) is 0 Å². The SMILES string of the molecule is COC(=O)c1coc(CNCc2cnn(C)c2C)c1. The highest BCUT2D eigenvalue weighted by molar-refractivity contribution is 5.88. The fourth-order valence-corrected chi connectivity index (χ4v) is 1.74. The largest absolute Gasteiger partial charge is 0.467 e. The van der Waals surface area contributed by atoms with Crippen LogP contribution in [0.2, 0.25) is 0 Å². The number of carbonyl (C=O) groups excluding carboxylic acids is 1. The second-order valence-corrected chi connectivity index (χ2v) is 4.28. The molecule has 6 heteroatoms. The van der Waals surface area contributed by atoms with Crippen molar-refractivity contribution in [2.24, 2.45) is 7.05 Å². The molecule has 0 aliphatic heterocycles. The average Bonchev–Trinajstić information content (AvgIpc) is 3.00. The van der Waals surface area contributed by atoms with Gasteiger partial charge in [0.1, 0.15) is 12.0 Å². The Labute approximate surface area is 111 Å². The van der Waals surface area contributed by atoms with E-state index >= 15 is 0 Å². The number of aromatic nitrogens is 2. The van der Waals surface area contributed by atoms with Crippen molar-refractivity contribution in [1.82, 2.24) is 15.1 Å². The van der Waals surface area contributed by atoms with Gasteiger partial charge in [-0.3, -0.25) is 4.68 Å². The molecule has 2 aromatic heterocycles. The van der Waals surface area contributed by atoms with Crippen molar-refractivity contribution in [1.29, 1.82) is 0 Å². The number of aryl methyl sites for hydroxylation is 1. The molecule has 1 N–H and O–H groups in total. The van der Waals surface area contributed by atoms with Gasteiger partial charge in [-0.25, -0.2) is 4.79 Å². The maximum atomic E-state index is 11.3. The first-order valence-corrected chi connectivity index (χ1v) is 5.95. The highest BCUT2D eigenvalue weighted by Gasteiger charge is 2.10. The fourth-order valence-electron chi connectivity index (χ4n) is 1.74. The van der Waals surface area contributed by atoms with Gasteiger partial charge in [0.05, 0.1) is 25.4 Å². The minimum absolute atomic E-state index is 0.391. The van der Waals surface area contributed by atoms with Gasteiger partial charge in [-0.1, -0.05) is 0 Å². The number of methoxy groups -OCH3 is 1. The van der Waals surface area contributed by atoms with Crippen LogP contribution in [0.5, 0.6) is 0 Å². The number of rotatable bonds is 5. The molecule has 0 saturated carbocycles. The molecule has 2 aromatic rings. The lowest BCUT2D eigenvalue weighted by molar-refractivity contribution is 0.0600. The van der Waals surface area contributed by atoms with Crippen molar-refractivity contribution in [2.75, 3.05) is 7.11 Å². The number of carbonyl (C=O) groups is 1. The molecule has 0 radical (unpaired) electrons. The zero-order chi connectivity index (χ0) is 13.8. The number of nitrogens with zero attached hydrogens (tertiary/aromatic N) is 2. The lowest BCUT2D eigenvalue weighted by atomic mass is 10.2. The van der Waals surface area contributed by atoms with Crippen molar-refractivity contribution in [2.45, 2.75) is 20.0 Å². The molecule has 0 amide bonds. The van der Waals surface area contributed by atoms with Crippen LogP contribution < -0.4 is 5.32 Å². The Bertz CT molecular complexity index is 571. The van der Waals surface area contributed by atoms with Crippen LogP contribution in [-0.4, -0.2) is 22.9 Å². The Morgan fingerprint density at radius 2 is 2.32 bits per heavy atom. The summed E-state index contributed by atoms with van der Waals surface area (Å²) in [7, 11) is 3.26. The summed E-state index contributed by atoms with van der Waals surface area (Å²) in [6, 6.07) is 1.68. The molecule has 2 heterocycles. The normalized spacial score (nSPS) is 10.7. The quantitative estimate of drug-likeness (QED) is 0.826. The number of hydrogen-bond donors (Lipinski definition) is 1. The fraction of sp³-hybridized carbons (Fsp3) is 0.385. The van der Waals surface area contributed by atoms with Crippen LogP contribution in [0.4, 0.5) is 0 Å². The third kappa shape index (κ3) is 3.03. The third-order valence-electron chi connectivity index (χ3n) is 3.03. The van der Waals surface area contributed by atoms with E-state index in [0.29, 0.717) is 24.4 Å². The van der Waals surface area contributed by atoms with Crippen LogP contribution >= 0.6 is 0 Å². The lowest BCUT2D eigenvalue weighted by Gasteiger charge is -2.02. The molecule has 0 spiro atoms. The number of esters is 1. The van der Waals surface area contributed by atoms with E-state index in [-0.39, 0.29) is 0 Å². The molecule has 0 atom stereocenters. The maximum Gasteiger partial charge on any atom is 0.341 e. The second-order valence-electron chi connectivity index (χ2n) is 4.28. The zero-order valence-electron chi connectivity index (χ0n) is 11.3. The number of nitrogens with one attached hydrogen (secondary N) is 1. The average molecular weight is 263 g/mol. The summed E-state index contributed by atoms with van der Waals surface area (Å²) in [5.74, 6) is 0.306. The standard InChI is InChI=1S/C13H17N3O3/c1-9-11(6-15-16(9)2)5-14-7-12-4-10(8-19-12)13(17)18-3/h4,6,8,14H,5,7H2,1-3H3. The summed E-state index contributed by atoms with van der Waals surface area (Å²) in [5.41, 5.74) is 2.70. The van der Waals surface area contributed by atoms with Gasteiger partial charge in [-0.05, 0) is 13.0 Å². The molecule has 0 saturated heterocycles. The van der Waals surface area contributed by atoms with Crippen molar-refractivity contribution in [3.63, 3.8) is 0 Å². The van der Waals surface area contributed by atoms with Crippen molar-refractivity contribution in [3.05, 3.63) is 41.1 Å². The molecule has 0 aliphatic rings. The number of hydrogen-bond acceptors (Lipinski definition) is 5. The first kappa shape index (κ1) is 13.4. The Morgan fingerprint density at radius 3 is 2.95 bits per heavy atom. The predicted octanol–water partition coefficient (Wildman–Crippen LogP) is 1.40. The van der Waals surface area contributed by atoms with E-state index in [4.69, 9.17) is 4.42 Å². The van der Waals surface area contributed by atoms with Gasteiger partial charge >= 0.3 is 5.97 Å². The Kier molecular flexibility index (Phi) is 4.01. The molecule has 0 fully saturated rings. The Hall–Kier alpha value is -2.08. The summed E-state index contributed by atoms with van der Waals surface area (Å²) in [6.45, 7) is 3.27. The van der Waals surface area contributed by atoms with E-state index in [1.54, 1.807) is 6.07 Å². The van der Waals surface area contributed by atoms with Gasteiger partial charge in [-0.2, -0.15) is 5.10 Å². The molecular formula is C13H17N3O3. The minimum atomic E-state index is -0.391. The van der Waals surface area contributed by atoms with Crippen LogP contribution in [0.3, 0.4) is 0 Å². The van der Waals surface area contributed by atoms with Gasteiger partial charge in [0.2, 0.25) is 0 Å². The zero-order valence-corrected chi connectivity index (χ0v) is 11.3. The van der Waals surface area contributed by atoms with Gasteiger partial charge < -0.3 is 14.5 Å². The van der Waals surface area contributed by atoms with E-state index in [9.17, 15) is 4.79 Å². The third-order valence-corrected chi connectivity index (χ3v) is 3.03. The van der Waals surface area contributed by atoms with E-state index in [2.05, 4.69) is 15.2 Å². The first-order valence-electron chi connectivity index (χ1n) is 5.95. The molecule has 0 bridgehead atoms. The Balaban J connectivity index is 1.87. The van der Waals surface area contributed by atoms with Gasteiger partial charge in [0, 0.05) is 24.8 Å². The number of furan rings is 1. The first-order chi connectivity index (χ1) is 9.11. The van der Waals surface area contributed by atoms with Gasteiger partial charge in [0.15, 0.2) is 0 Å². The highest BCUT2D eigenvalue weighted by Crippen LogP contribution is 2.10. The van der Waals surface area contributed by atoms with E-state index < -0.39 is 5.97 Å². The van der Waals surface area contributed by atoms with Crippen molar-refractivity contribution >= 4 is 5.97 Å². The predicted molar refractivity (Wildman–Crippen MR) is 68.5 cm³/mol. The lowest BCUT2D eigenvalue weighted by Crippen LogP contribution is -2.12. The topological polar surface area (TPSA) is 69.3 Å². The molecule has 0 unspecified atom stereocenters. The van der Waals surface area contributed by atoms with Crippen LogP contribution in [0, 0.1) is 6.92 Å². The highest BCUT2D eigenvalue weighted by atomic mass is 16.5. The summed E-state index contributed by atoms with van der Waals surface area (Å²) in [4.78, 5) is 11.3. The smallest absolute Gasteiger partial charge is 0.341 e. The number of ether oxygens (including phenoxy) is 1. The van der Waals surface area contributed by atoms with Gasteiger partial charge in [-0.15, -0.1) is 0 Å². The summed E-state index contributed by atoms with van der Waals surface area (Å²) in [6.07, 6.45) is 3.24. The van der Waals surface area contributed by atoms with Crippen molar-refractivity contribution < 1.29 is 13.9 Å². The van der Waals surface area contributed by atoms with E-state index in [0.717, 1.165) is 11.3 Å². The summed E-state index contributed by atoms with van der Waals surface area (Å²) < 4.78 is 11.7. The summed E-state index contributed by atoms with van der Waals surface area (Å²) in [5, 5.41) is 7.42. The van der Waals surface area contributed by atoms with Crippen LogP contribution in [0.1, 0.15) is 27.4 Å². The molecule has 19 heavy (non-hydrogen) atoms. The monoisotopic (exact) mass is 263 g/mol. The van der Waals surface area contributed by atoms with Crippen LogP contribution in [-0.2, 0) is 24.9 Å². The minimum Gasteiger partial charge on any atom is -0.467 e. The van der Waals surface area contributed by atoms with Crippen LogP contribution in [0.25, 0.3) is 0 Å². The molecule has 6 nitrogen and oxygen atoms in total. The molecule has 0 aliphatic carbocycles. The second kappa shape index (κ2) is 5.71. The van der Waals surface area contributed by atoms with Crippen LogP contribution in [0.15, 0.2) is 22.9 Å². The molecular weight excluding hydrogens is 246 g/mol.